The van der Waals surface area contributed by atoms with Gasteiger partial charge in [-0.05, 0) is 42.6 Å². The van der Waals surface area contributed by atoms with Crippen molar-refractivity contribution in [3.8, 4) is 0 Å². The van der Waals surface area contributed by atoms with Crippen molar-refractivity contribution in [2.75, 3.05) is 12.8 Å². The Labute approximate surface area is 126 Å². The molecular weight excluding hydrogens is 293 g/mol. The van der Waals surface area contributed by atoms with Crippen molar-refractivity contribution in [1.82, 2.24) is 4.90 Å². The van der Waals surface area contributed by atoms with Crippen molar-refractivity contribution in [2.45, 2.75) is 17.9 Å². The number of hydrogen-bond donors (Lipinski definition) is 0. The first-order chi connectivity index (χ1) is 9.58. The molecule has 20 heavy (non-hydrogen) atoms. The summed E-state index contributed by atoms with van der Waals surface area (Å²) in [6.07, 6.45) is 0. The van der Waals surface area contributed by atoms with Gasteiger partial charge in [-0.3, -0.25) is 4.79 Å². The standard InChI is InChI=1S/C15H16FNOS2/c1-11(14-4-3-9-19-14)17(2)15(18)10-20-13-7-5-12(16)6-8-13/h3-9,11H,10H2,1-2H3. The van der Waals surface area contributed by atoms with E-state index in [0.717, 1.165) is 4.90 Å². The summed E-state index contributed by atoms with van der Waals surface area (Å²) in [5.74, 6) is 0.169. The van der Waals surface area contributed by atoms with E-state index in [-0.39, 0.29) is 17.8 Å². The number of hydrogen-bond acceptors (Lipinski definition) is 3. The summed E-state index contributed by atoms with van der Waals surface area (Å²) >= 11 is 3.08. The highest BCUT2D eigenvalue weighted by Crippen LogP contribution is 2.25. The Morgan fingerprint density at radius 2 is 2.05 bits per heavy atom. The van der Waals surface area contributed by atoms with Crippen LogP contribution in [-0.2, 0) is 4.79 Å². The number of thiophene rings is 1. The molecule has 0 saturated carbocycles. The van der Waals surface area contributed by atoms with E-state index in [4.69, 9.17) is 0 Å². The second-order valence-corrected chi connectivity index (χ2v) is 6.47. The summed E-state index contributed by atoms with van der Waals surface area (Å²) < 4.78 is 12.8. The summed E-state index contributed by atoms with van der Waals surface area (Å²) in [6, 6.07) is 10.3. The lowest BCUT2D eigenvalue weighted by Crippen LogP contribution is -2.30. The summed E-state index contributed by atoms with van der Waals surface area (Å²) in [7, 11) is 1.82. The van der Waals surface area contributed by atoms with Gasteiger partial charge in [0, 0.05) is 16.8 Å². The summed E-state index contributed by atoms with van der Waals surface area (Å²) in [5.41, 5.74) is 0. The van der Waals surface area contributed by atoms with Gasteiger partial charge in [0.1, 0.15) is 5.82 Å². The van der Waals surface area contributed by atoms with Crippen molar-refractivity contribution in [2.24, 2.45) is 0 Å². The number of carbonyl (C=O) groups excluding carboxylic acids is 1. The quantitative estimate of drug-likeness (QED) is 0.772. The Morgan fingerprint density at radius 1 is 1.35 bits per heavy atom. The van der Waals surface area contributed by atoms with Crippen LogP contribution in [-0.4, -0.2) is 23.6 Å². The molecule has 0 aliphatic heterocycles. The van der Waals surface area contributed by atoms with Gasteiger partial charge in [0.05, 0.1) is 11.8 Å². The highest BCUT2D eigenvalue weighted by atomic mass is 32.2. The molecule has 1 heterocycles. The topological polar surface area (TPSA) is 20.3 Å². The normalized spacial score (nSPS) is 12.2. The first-order valence-corrected chi connectivity index (χ1v) is 8.12. The minimum absolute atomic E-state index is 0.0697. The van der Waals surface area contributed by atoms with Gasteiger partial charge in [-0.2, -0.15) is 0 Å². The van der Waals surface area contributed by atoms with Crippen molar-refractivity contribution < 1.29 is 9.18 Å². The molecule has 0 bridgehead atoms. The maximum Gasteiger partial charge on any atom is 0.233 e. The van der Waals surface area contributed by atoms with Crippen LogP contribution in [0.15, 0.2) is 46.7 Å². The Hall–Kier alpha value is -1.33. The molecule has 0 N–H and O–H groups in total. The summed E-state index contributed by atoms with van der Waals surface area (Å²) in [6.45, 7) is 2.02. The molecule has 0 aliphatic carbocycles. The third-order valence-corrected chi connectivity index (χ3v) is 5.14. The minimum Gasteiger partial charge on any atom is -0.337 e. The highest BCUT2D eigenvalue weighted by molar-refractivity contribution is 8.00. The van der Waals surface area contributed by atoms with E-state index in [2.05, 4.69) is 0 Å². The van der Waals surface area contributed by atoms with E-state index in [9.17, 15) is 9.18 Å². The van der Waals surface area contributed by atoms with Gasteiger partial charge in [0.15, 0.2) is 0 Å². The SMILES string of the molecule is CC(c1cccs1)N(C)C(=O)CSc1ccc(F)cc1. The number of nitrogens with zero attached hydrogens (tertiary/aromatic N) is 1. The highest BCUT2D eigenvalue weighted by Gasteiger charge is 2.18. The van der Waals surface area contributed by atoms with Gasteiger partial charge < -0.3 is 4.90 Å². The summed E-state index contributed by atoms with van der Waals surface area (Å²) in [5, 5.41) is 2.01. The fraction of sp³-hybridized carbons (Fsp3) is 0.267. The van der Waals surface area contributed by atoms with Crippen molar-refractivity contribution in [3.63, 3.8) is 0 Å². The predicted molar refractivity (Wildman–Crippen MR) is 82.6 cm³/mol. The maximum atomic E-state index is 12.8. The zero-order valence-electron chi connectivity index (χ0n) is 11.4. The Balaban J connectivity index is 1.89. The van der Waals surface area contributed by atoms with Crippen molar-refractivity contribution in [3.05, 3.63) is 52.5 Å². The van der Waals surface area contributed by atoms with Crippen LogP contribution in [0.5, 0.6) is 0 Å². The maximum absolute atomic E-state index is 12.8. The molecule has 0 aliphatic rings. The lowest BCUT2D eigenvalue weighted by atomic mass is 10.2. The molecule has 0 radical (unpaired) electrons. The smallest absolute Gasteiger partial charge is 0.233 e. The molecule has 0 spiro atoms. The van der Waals surface area contributed by atoms with Crippen molar-refractivity contribution in [1.29, 1.82) is 0 Å². The third-order valence-electron chi connectivity index (χ3n) is 3.11. The average molecular weight is 309 g/mol. The fourth-order valence-electron chi connectivity index (χ4n) is 1.71. The lowest BCUT2D eigenvalue weighted by molar-refractivity contribution is -0.128. The lowest BCUT2D eigenvalue weighted by Gasteiger charge is -2.24. The molecular formula is C15H16FNOS2. The van der Waals surface area contributed by atoms with Crippen LogP contribution in [0.2, 0.25) is 0 Å². The van der Waals surface area contributed by atoms with Crippen LogP contribution in [0.3, 0.4) is 0 Å². The fourth-order valence-corrected chi connectivity index (χ4v) is 3.36. The Kier molecular flexibility index (Phi) is 5.20. The average Bonchev–Trinajstić information content (AvgIpc) is 2.99. The van der Waals surface area contributed by atoms with E-state index in [1.165, 1.54) is 28.8 Å². The minimum atomic E-state index is -0.260. The van der Waals surface area contributed by atoms with E-state index >= 15 is 0 Å². The van der Waals surface area contributed by atoms with E-state index < -0.39 is 0 Å². The molecule has 1 aromatic carbocycles. The first kappa shape index (κ1) is 15.1. The molecule has 0 fully saturated rings. The number of carbonyl (C=O) groups is 1. The largest absolute Gasteiger partial charge is 0.337 e. The molecule has 106 valence electrons. The Morgan fingerprint density at radius 3 is 2.65 bits per heavy atom. The number of halogens is 1. The molecule has 1 amide bonds. The zero-order chi connectivity index (χ0) is 14.5. The Bertz CT molecular complexity index is 554. The van der Waals surface area contributed by atoms with Gasteiger partial charge >= 0.3 is 0 Å². The molecule has 2 rings (SSSR count). The number of amides is 1. The van der Waals surface area contributed by atoms with Crippen LogP contribution in [0.1, 0.15) is 17.8 Å². The van der Waals surface area contributed by atoms with Crippen LogP contribution in [0, 0.1) is 5.82 Å². The predicted octanol–water partition coefficient (Wildman–Crippen LogP) is 4.20. The molecule has 5 heteroatoms. The van der Waals surface area contributed by atoms with Crippen LogP contribution in [0.4, 0.5) is 4.39 Å². The van der Waals surface area contributed by atoms with Gasteiger partial charge in [-0.25, -0.2) is 4.39 Å². The molecule has 2 aromatic rings. The van der Waals surface area contributed by atoms with Gasteiger partial charge in [0.2, 0.25) is 5.91 Å². The van der Waals surface area contributed by atoms with Crippen LogP contribution < -0.4 is 0 Å². The number of rotatable bonds is 5. The summed E-state index contributed by atoms with van der Waals surface area (Å²) in [4.78, 5) is 16.0. The molecule has 0 saturated heterocycles. The van der Waals surface area contributed by atoms with E-state index in [1.54, 1.807) is 28.4 Å². The van der Waals surface area contributed by atoms with Gasteiger partial charge in [-0.1, -0.05) is 6.07 Å². The second kappa shape index (κ2) is 6.90. The number of benzene rings is 1. The molecule has 1 aromatic heterocycles. The van der Waals surface area contributed by atoms with Crippen LogP contribution in [0.25, 0.3) is 0 Å². The molecule has 2 nitrogen and oxygen atoms in total. The van der Waals surface area contributed by atoms with Crippen molar-refractivity contribution >= 4 is 29.0 Å². The monoisotopic (exact) mass is 309 g/mol. The third kappa shape index (κ3) is 3.84. The van der Waals surface area contributed by atoms with E-state index in [1.807, 2.05) is 31.5 Å². The van der Waals surface area contributed by atoms with Gasteiger partial charge in [0.25, 0.3) is 0 Å². The number of thioether (sulfide) groups is 1. The molecule has 1 atom stereocenters. The second-order valence-electron chi connectivity index (χ2n) is 4.44. The van der Waals surface area contributed by atoms with E-state index in [0.29, 0.717) is 5.75 Å². The zero-order valence-corrected chi connectivity index (χ0v) is 13.0. The van der Waals surface area contributed by atoms with Crippen LogP contribution >= 0.6 is 23.1 Å². The first-order valence-electron chi connectivity index (χ1n) is 6.25. The van der Waals surface area contributed by atoms with Gasteiger partial charge in [-0.15, -0.1) is 23.1 Å². The molecule has 1 unspecified atom stereocenters.